The molecule has 4 heteroatoms. The zero-order valence-corrected chi connectivity index (χ0v) is 11.3. The Morgan fingerprint density at radius 1 is 1.41 bits per heavy atom. The van der Waals surface area contributed by atoms with Crippen molar-refractivity contribution in [2.24, 2.45) is 0 Å². The number of hydrogen-bond donors (Lipinski definition) is 0. The smallest absolute Gasteiger partial charge is 0.330 e. The van der Waals surface area contributed by atoms with E-state index in [1.165, 1.54) is 13.2 Å². The first-order valence-electron chi connectivity index (χ1n) is 5.31. The van der Waals surface area contributed by atoms with Crippen molar-refractivity contribution in [1.29, 1.82) is 0 Å². The molecular weight excluding hydrogens is 284 g/mol. The molecule has 0 radical (unpaired) electrons. The van der Waals surface area contributed by atoms with Gasteiger partial charge in [0.25, 0.3) is 0 Å². The minimum absolute atomic E-state index is 0.375. The van der Waals surface area contributed by atoms with Gasteiger partial charge in [0.1, 0.15) is 5.75 Å². The summed E-state index contributed by atoms with van der Waals surface area (Å²) in [7, 11) is 1.35. The molecule has 0 saturated heterocycles. The molecule has 0 fully saturated rings. The van der Waals surface area contributed by atoms with Crippen LogP contribution in [0.25, 0.3) is 6.08 Å². The highest BCUT2D eigenvalue weighted by atomic mass is 79.9. The van der Waals surface area contributed by atoms with Crippen LogP contribution in [0.4, 0.5) is 0 Å². The van der Waals surface area contributed by atoms with E-state index in [4.69, 9.17) is 4.74 Å². The van der Waals surface area contributed by atoms with Gasteiger partial charge in [-0.2, -0.15) is 0 Å². The van der Waals surface area contributed by atoms with Crippen LogP contribution < -0.4 is 4.74 Å². The quantitative estimate of drug-likeness (QED) is 0.350. The average molecular weight is 299 g/mol. The van der Waals surface area contributed by atoms with Crippen molar-refractivity contribution in [3.63, 3.8) is 0 Å². The summed E-state index contributed by atoms with van der Waals surface area (Å²) in [5, 5.41) is 0.910. The van der Waals surface area contributed by atoms with E-state index in [2.05, 4.69) is 20.7 Å². The molecule has 0 bridgehead atoms. The van der Waals surface area contributed by atoms with Crippen molar-refractivity contribution in [3.8, 4) is 5.75 Å². The summed E-state index contributed by atoms with van der Waals surface area (Å²) in [6.45, 7) is 0.647. The first-order chi connectivity index (χ1) is 8.27. The van der Waals surface area contributed by atoms with Gasteiger partial charge < -0.3 is 9.47 Å². The van der Waals surface area contributed by atoms with Crippen molar-refractivity contribution >= 4 is 28.0 Å². The van der Waals surface area contributed by atoms with Gasteiger partial charge >= 0.3 is 5.97 Å². The first kappa shape index (κ1) is 13.8. The third-order valence-corrected chi connectivity index (χ3v) is 2.62. The van der Waals surface area contributed by atoms with Crippen LogP contribution in [0.5, 0.6) is 5.75 Å². The lowest BCUT2D eigenvalue weighted by atomic mass is 10.2. The van der Waals surface area contributed by atoms with E-state index in [1.807, 2.05) is 24.3 Å². The molecule has 3 nitrogen and oxygen atoms in total. The van der Waals surface area contributed by atoms with Crippen LogP contribution in [0.3, 0.4) is 0 Å². The SMILES string of the molecule is COC(=O)C=Cc1ccccc1OCCCBr. The van der Waals surface area contributed by atoms with Gasteiger partial charge in [-0.3, -0.25) is 0 Å². The van der Waals surface area contributed by atoms with Crippen molar-refractivity contribution in [3.05, 3.63) is 35.9 Å². The topological polar surface area (TPSA) is 35.5 Å². The number of ether oxygens (including phenoxy) is 2. The van der Waals surface area contributed by atoms with Crippen molar-refractivity contribution in [1.82, 2.24) is 0 Å². The van der Waals surface area contributed by atoms with E-state index >= 15 is 0 Å². The number of halogens is 1. The number of alkyl halides is 1. The lowest BCUT2D eigenvalue weighted by Gasteiger charge is -2.07. The van der Waals surface area contributed by atoms with Gasteiger partial charge in [0.2, 0.25) is 0 Å². The minimum Gasteiger partial charge on any atom is -0.493 e. The summed E-state index contributed by atoms with van der Waals surface area (Å²) in [5.41, 5.74) is 0.868. The number of para-hydroxylation sites is 1. The zero-order valence-electron chi connectivity index (χ0n) is 9.69. The molecule has 0 unspecified atom stereocenters. The minimum atomic E-state index is -0.375. The standard InChI is InChI=1S/C13H15BrO3/c1-16-13(15)8-7-11-5-2-3-6-12(11)17-10-4-9-14/h2-3,5-8H,4,9-10H2,1H3. The Morgan fingerprint density at radius 2 is 2.18 bits per heavy atom. The van der Waals surface area contributed by atoms with Crippen LogP contribution >= 0.6 is 15.9 Å². The predicted molar refractivity (Wildman–Crippen MR) is 71.4 cm³/mol. The van der Waals surface area contributed by atoms with Gasteiger partial charge in [0, 0.05) is 17.0 Å². The normalized spacial score (nSPS) is 10.5. The number of carbonyl (C=O) groups is 1. The second-order valence-corrected chi connectivity index (χ2v) is 4.08. The largest absolute Gasteiger partial charge is 0.493 e. The molecule has 0 aliphatic heterocycles. The molecule has 0 saturated carbocycles. The van der Waals surface area contributed by atoms with E-state index in [0.717, 1.165) is 23.1 Å². The van der Waals surface area contributed by atoms with E-state index in [1.54, 1.807) is 6.08 Å². The van der Waals surface area contributed by atoms with E-state index in [0.29, 0.717) is 6.61 Å². The highest BCUT2D eigenvalue weighted by Gasteiger charge is 2.00. The van der Waals surface area contributed by atoms with Gasteiger partial charge in [0.05, 0.1) is 13.7 Å². The highest BCUT2D eigenvalue weighted by Crippen LogP contribution is 2.19. The molecule has 0 heterocycles. The Kier molecular flexibility index (Phi) is 6.40. The van der Waals surface area contributed by atoms with E-state index in [-0.39, 0.29) is 5.97 Å². The highest BCUT2D eigenvalue weighted by molar-refractivity contribution is 9.09. The molecule has 92 valence electrons. The van der Waals surface area contributed by atoms with Gasteiger partial charge in [-0.1, -0.05) is 34.1 Å². The molecule has 1 rings (SSSR count). The van der Waals surface area contributed by atoms with Crippen LogP contribution in [0, 0.1) is 0 Å². The zero-order chi connectivity index (χ0) is 12.5. The number of carbonyl (C=O) groups excluding carboxylic acids is 1. The summed E-state index contributed by atoms with van der Waals surface area (Å²) in [5.74, 6) is 0.397. The molecule has 1 aromatic carbocycles. The maximum Gasteiger partial charge on any atom is 0.330 e. The third-order valence-electron chi connectivity index (χ3n) is 2.05. The molecule has 17 heavy (non-hydrogen) atoms. The number of esters is 1. The maximum atomic E-state index is 11.0. The van der Waals surface area contributed by atoms with Gasteiger partial charge in [-0.05, 0) is 18.6 Å². The molecule has 0 aliphatic carbocycles. The molecule has 0 aliphatic rings. The van der Waals surface area contributed by atoms with Crippen LogP contribution in [0.15, 0.2) is 30.3 Å². The summed E-state index contributed by atoms with van der Waals surface area (Å²) in [4.78, 5) is 11.0. The lowest BCUT2D eigenvalue weighted by molar-refractivity contribution is -0.134. The van der Waals surface area contributed by atoms with Gasteiger partial charge in [0.15, 0.2) is 0 Å². The molecule has 0 spiro atoms. The number of methoxy groups -OCH3 is 1. The van der Waals surface area contributed by atoms with Gasteiger partial charge in [-0.25, -0.2) is 4.79 Å². The van der Waals surface area contributed by atoms with Crippen LogP contribution in [0.1, 0.15) is 12.0 Å². The number of hydrogen-bond acceptors (Lipinski definition) is 3. The predicted octanol–water partition coefficient (Wildman–Crippen LogP) is 3.04. The number of benzene rings is 1. The molecule has 0 amide bonds. The van der Waals surface area contributed by atoms with Crippen LogP contribution in [0.2, 0.25) is 0 Å². The Labute approximate surface area is 110 Å². The van der Waals surface area contributed by atoms with E-state index < -0.39 is 0 Å². The summed E-state index contributed by atoms with van der Waals surface area (Å²) < 4.78 is 10.1. The summed E-state index contributed by atoms with van der Waals surface area (Å²) >= 11 is 3.35. The fourth-order valence-corrected chi connectivity index (χ4v) is 1.44. The lowest BCUT2D eigenvalue weighted by Crippen LogP contribution is -1.99. The second-order valence-electron chi connectivity index (χ2n) is 3.29. The Hall–Kier alpha value is -1.29. The van der Waals surface area contributed by atoms with Crippen LogP contribution in [-0.2, 0) is 9.53 Å². The van der Waals surface area contributed by atoms with Crippen molar-refractivity contribution < 1.29 is 14.3 Å². The molecule has 0 aromatic heterocycles. The maximum absolute atomic E-state index is 11.0. The fourth-order valence-electron chi connectivity index (χ4n) is 1.21. The third kappa shape index (κ3) is 5.04. The van der Waals surface area contributed by atoms with E-state index in [9.17, 15) is 4.79 Å². The Morgan fingerprint density at radius 3 is 2.88 bits per heavy atom. The number of rotatable bonds is 6. The summed E-state index contributed by atoms with van der Waals surface area (Å²) in [6.07, 6.45) is 4.01. The molecule has 1 aromatic rings. The average Bonchev–Trinajstić information content (AvgIpc) is 2.37. The van der Waals surface area contributed by atoms with Gasteiger partial charge in [-0.15, -0.1) is 0 Å². The van der Waals surface area contributed by atoms with Crippen LogP contribution in [-0.4, -0.2) is 25.0 Å². The molecule has 0 atom stereocenters. The van der Waals surface area contributed by atoms with Crippen molar-refractivity contribution in [2.75, 3.05) is 19.0 Å². The first-order valence-corrected chi connectivity index (χ1v) is 6.44. The molecular formula is C13H15BrO3. The summed E-state index contributed by atoms with van der Waals surface area (Å²) in [6, 6.07) is 7.57. The Balaban J connectivity index is 2.70. The Bertz CT molecular complexity index is 388. The molecule has 0 N–H and O–H groups in total. The monoisotopic (exact) mass is 298 g/mol. The van der Waals surface area contributed by atoms with Crippen molar-refractivity contribution in [2.45, 2.75) is 6.42 Å². The fraction of sp³-hybridized carbons (Fsp3) is 0.308. The second kappa shape index (κ2) is 7.90.